The van der Waals surface area contributed by atoms with Crippen molar-refractivity contribution in [3.8, 4) is 11.5 Å². The number of rotatable bonds is 2. The first kappa shape index (κ1) is 12.0. The largest absolute Gasteiger partial charge is 0.496 e. The highest BCUT2D eigenvalue weighted by Crippen LogP contribution is 2.45. The van der Waals surface area contributed by atoms with Crippen molar-refractivity contribution in [2.75, 3.05) is 14.2 Å². The first-order valence-electron chi connectivity index (χ1n) is 3.89. The highest BCUT2D eigenvalue weighted by molar-refractivity contribution is 6.32. The number of benzene rings is 1. The van der Waals surface area contributed by atoms with E-state index in [1.54, 1.807) is 0 Å². The molecule has 0 aliphatic heterocycles. The van der Waals surface area contributed by atoms with Crippen LogP contribution in [0.4, 0.5) is 13.2 Å². The van der Waals surface area contributed by atoms with Crippen molar-refractivity contribution >= 4 is 11.6 Å². The molecule has 0 saturated carbocycles. The first-order chi connectivity index (χ1) is 6.91. The van der Waals surface area contributed by atoms with Crippen molar-refractivity contribution in [3.63, 3.8) is 0 Å². The van der Waals surface area contributed by atoms with Crippen molar-refractivity contribution in [1.82, 2.24) is 0 Å². The van der Waals surface area contributed by atoms with E-state index >= 15 is 0 Å². The van der Waals surface area contributed by atoms with Gasteiger partial charge < -0.3 is 9.47 Å². The molecule has 0 aliphatic rings. The van der Waals surface area contributed by atoms with Crippen LogP contribution in [0.1, 0.15) is 5.56 Å². The minimum atomic E-state index is -4.57. The van der Waals surface area contributed by atoms with Gasteiger partial charge in [0, 0.05) is 0 Å². The second-order valence-electron chi connectivity index (χ2n) is 2.66. The lowest BCUT2D eigenvalue weighted by atomic mass is 10.1. The molecular formula is C9H8ClF3O2. The number of methoxy groups -OCH3 is 2. The van der Waals surface area contributed by atoms with E-state index in [0.717, 1.165) is 20.3 Å². The Hall–Kier alpha value is -1.10. The van der Waals surface area contributed by atoms with Gasteiger partial charge in [0.05, 0.1) is 19.2 Å². The van der Waals surface area contributed by atoms with E-state index in [0.29, 0.717) is 0 Å². The number of hydrogen-bond acceptors (Lipinski definition) is 2. The Labute approximate surface area is 89.6 Å². The van der Waals surface area contributed by atoms with Crippen molar-refractivity contribution in [1.29, 1.82) is 0 Å². The molecule has 0 amide bonds. The van der Waals surface area contributed by atoms with E-state index in [2.05, 4.69) is 9.47 Å². The highest BCUT2D eigenvalue weighted by Gasteiger charge is 2.39. The highest BCUT2D eigenvalue weighted by atomic mass is 35.5. The maximum Gasteiger partial charge on any atom is 0.423 e. The molecule has 1 aromatic rings. The predicted octanol–water partition coefficient (Wildman–Crippen LogP) is 3.38. The Kier molecular flexibility index (Phi) is 3.34. The van der Waals surface area contributed by atoms with Crippen molar-refractivity contribution in [3.05, 3.63) is 22.7 Å². The predicted molar refractivity (Wildman–Crippen MR) is 49.6 cm³/mol. The molecule has 0 heterocycles. The lowest BCUT2D eigenvalue weighted by molar-refractivity contribution is -0.139. The van der Waals surface area contributed by atoms with Crippen molar-refractivity contribution in [2.24, 2.45) is 0 Å². The Bertz CT molecular complexity index is 363. The van der Waals surface area contributed by atoms with Crippen LogP contribution in [0.25, 0.3) is 0 Å². The van der Waals surface area contributed by atoms with Crippen LogP contribution in [0, 0.1) is 0 Å². The topological polar surface area (TPSA) is 18.5 Å². The smallest absolute Gasteiger partial charge is 0.423 e. The van der Waals surface area contributed by atoms with Crippen LogP contribution in [-0.4, -0.2) is 14.2 Å². The van der Waals surface area contributed by atoms with Gasteiger partial charge in [-0.15, -0.1) is 0 Å². The normalized spacial score (nSPS) is 11.3. The standard InChI is InChI=1S/C9H8ClF3O2/c1-14-6-4-3-5(10)8(15-2)7(6)9(11,12)13/h3-4H,1-2H3. The van der Waals surface area contributed by atoms with Crippen molar-refractivity contribution < 1.29 is 22.6 Å². The second kappa shape index (κ2) is 4.18. The van der Waals surface area contributed by atoms with Gasteiger partial charge in [-0.2, -0.15) is 13.2 Å². The van der Waals surface area contributed by atoms with E-state index in [-0.39, 0.29) is 10.8 Å². The fourth-order valence-electron chi connectivity index (χ4n) is 1.18. The maximum absolute atomic E-state index is 12.6. The Morgan fingerprint density at radius 1 is 1.13 bits per heavy atom. The first-order valence-corrected chi connectivity index (χ1v) is 4.27. The molecule has 1 rings (SSSR count). The van der Waals surface area contributed by atoms with Crippen LogP contribution in [0.2, 0.25) is 5.02 Å². The molecule has 0 radical (unpaired) electrons. The number of halogens is 4. The maximum atomic E-state index is 12.6. The number of alkyl halides is 3. The molecule has 0 bridgehead atoms. The molecule has 0 unspecified atom stereocenters. The Balaban J connectivity index is 3.48. The fourth-order valence-corrected chi connectivity index (χ4v) is 1.41. The van der Waals surface area contributed by atoms with E-state index < -0.39 is 17.5 Å². The van der Waals surface area contributed by atoms with Crippen LogP contribution in [-0.2, 0) is 6.18 Å². The van der Waals surface area contributed by atoms with Gasteiger partial charge in [-0.3, -0.25) is 0 Å². The number of ether oxygens (including phenoxy) is 2. The van der Waals surface area contributed by atoms with Crippen LogP contribution < -0.4 is 9.47 Å². The van der Waals surface area contributed by atoms with Gasteiger partial charge in [-0.1, -0.05) is 11.6 Å². The second-order valence-corrected chi connectivity index (χ2v) is 3.06. The molecule has 0 aromatic heterocycles. The van der Waals surface area contributed by atoms with Gasteiger partial charge in [-0.05, 0) is 12.1 Å². The zero-order chi connectivity index (χ0) is 11.6. The fraction of sp³-hybridized carbons (Fsp3) is 0.333. The van der Waals surface area contributed by atoms with E-state index in [1.165, 1.54) is 6.07 Å². The zero-order valence-electron chi connectivity index (χ0n) is 7.98. The third-order valence-electron chi connectivity index (χ3n) is 1.78. The molecule has 84 valence electrons. The average molecular weight is 241 g/mol. The zero-order valence-corrected chi connectivity index (χ0v) is 8.74. The van der Waals surface area contributed by atoms with Crippen LogP contribution >= 0.6 is 11.6 Å². The van der Waals surface area contributed by atoms with Crippen LogP contribution in [0.15, 0.2) is 12.1 Å². The van der Waals surface area contributed by atoms with Gasteiger partial charge in [0.2, 0.25) is 0 Å². The molecular weight excluding hydrogens is 233 g/mol. The minimum Gasteiger partial charge on any atom is -0.496 e. The molecule has 6 heteroatoms. The summed E-state index contributed by atoms with van der Waals surface area (Å²) >= 11 is 5.58. The summed E-state index contributed by atoms with van der Waals surface area (Å²) < 4.78 is 47.2. The molecule has 0 N–H and O–H groups in total. The number of hydrogen-bond donors (Lipinski definition) is 0. The van der Waals surface area contributed by atoms with Gasteiger partial charge in [0.15, 0.2) is 5.75 Å². The van der Waals surface area contributed by atoms with E-state index in [9.17, 15) is 13.2 Å². The average Bonchev–Trinajstić information content (AvgIpc) is 2.15. The SMILES string of the molecule is COc1ccc(Cl)c(OC)c1C(F)(F)F. The lowest BCUT2D eigenvalue weighted by Gasteiger charge is -2.16. The van der Waals surface area contributed by atoms with E-state index in [4.69, 9.17) is 11.6 Å². The molecule has 0 saturated heterocycles. The summed E-state index contributed by atoms with van der Waals surface area (Å²) in [5.41, 5.74) is -1.00. The van der Waals surface area contributed by atoms with Crippen molar-refractivity contribution in [2.45, 2.75) is 6.18 Å². The summed E-state index contributed by atoms with van der Waals surface area (Å²) in [7, 11) is 2.27. The lowest BCUT2D eigenvalue weighted by Crippen LogP contribution is -2.10. The summed E-state index contributed by atoms with van der Waals surface area (Å²) in [6.07, 6.45) is -4.57. The van der Waals surface area contributed by atoms with Gasteiger partial charge in [-0.25, -0.2) is 0 Å². The quantitative estimate of drug-likeness (QED) is 0.789. The molecule has 0 spiro atoms. The Morgan fingerprint density at radius 2 is 1.73 bits per heavy atom. The minimum absolute atomic E-state index is 0.106. The summed E-state index contributed by atoms with van der Waals surface area (Å²) in [5, 5.41) is -0.106. The molecule has 15 heavy (non-hydrogen) atoms. The van der Waals surface area contributed by atoms with Gasteiger partial charge in [0.25, 0.3) is 0 Å². The molecule has 0 aliphatic carbocycles. The van der Waals surface area contributed by atoms with Crippen LogP contribution in [0.5, 0.6) is 11.5 Å². The van der Waals surface area contributed by atoms with Gasteiger partial charge in [0.1, 0.15) is 11.3 Å². The van der Waals surface area contributed by atoms with Gasteiger partial charge >= 0.3 is 6.18 Å². The molecule has 0 fully saturated rings. The Morgan fingerprint density at radius 3 is 2.13 bits per heavy atom. The van der Waals surface area contributed by atoms with Crippen LogP contribution in [0.3, 0.4) is 0 Å². The third kappa shape index (κ3) is 2.28. The monoisotopic (exact) mass is 240 g/mol. The summed E-state index contributed by atoms with van der Waals surface area (Å²) in [6.45, 7) is 0. The summed E-state index contributed by atoms with van der Waals surface area (Å²) in [5.74, 6) is -0.743. The van der Waals surface area contributed by atoms with E-state index in [1.807, 2.05) is 0 Å². The molecule has 1 aromatic carbocycles. The third-order valence-corrected chi connectivity index (χ3v) is 2.08. The molecule has 2 nitrogen and oxygen atoms in total. The molecule has 0 atom stereocenters. The summed E-state index contributed by atoms with van der Waals surface area (Å²) in [4.78, 5) is 0. The summed E-state index contributed by atoms with van der Waals surface area (Å²) in [6, 6.07) is 2.43.